The maximum absolute atomic E-state index is 12.1. The molecule has 7 heteroatoms. The van der Waals surface area contributed by atoms with E-state index in [9.17, 15) is 9.59 Å². The van der Waals surface area contributed by atoms with Crippen molar-refractivity contribution >= 4 is 12.0 Å². The van der Waals surface area contributed by atoms with Gasteiger partial charge in [-0.3, -0.25) is 4.79 Å². The van der Waals surface area contributed by atoms with Crippen molar-refractivity contribution in [2.75, 3.05) is 26.9 Å². The van der Waals surface area contributed by atoms with Gasteiger partial charge in [0.05, 0.1) is 5.92 Å². The van der Waals surface area contributed by atoms with Gasteiger partial charge < -0.3 is 24.8 Å². The summed E-state index contributed by atoms with van der Waals surface area (Å²) in [4.78, 5) is 24.4. The van der Waals surface area contributed by atoms with Gasteiger partial charge in [0.2, 0.25) is 6.79 Å². The van der Waals surface area contributed by atoms with Gasteiger partial charge >= 0.3 is 12.0 Å². The molecule has 0 aromatic heterocycles. The minimum Gasteiger partial charge on any atom is -0.481 e. The first-order chi connectivity index (χ1) is 11.2. The van der Waals surface area contributed by atoms with Crippen molar-refractivity contribution < 1.29 is 24.2 Å². The number of amides is 2. The van der Waals surface area contributed by atoms with Crippen molar-refractivity contribution in [3.05, 3.63) is 23.8 Å². The maximum Gasteiger partial charge on any atom is 0.317 e. The highest BCUT2D eigenvalue weighted by Gasteiger charge is 2.25. The summed E-state index contributed by atoms with van der Waals surface area (Å²) < 4.78 is 10.7. The second kappa shape index (κ2) is 6.98. The highest BCUT2D eigenvalue weighted by molar-refractivity contribution is 5.75. The average molecular weight is 336 g/mol. The molecule has 2 rings (SSSR count). The van der Waals surface area contributed by atoms with Gasteiger partial charge in [-0.05, 0) is 17.7 Å². The number of urea groups is 1. The van der Waals surface area contributed by atoms with Crippen LogP contribution >= 0.6 is 0 Å². The maximum atomic E-state index is 12.1. The summed E-state index contributed by atoms with van der Waals surface area (Å²) in [7, 11) is 1.59. The van der Waals surface area contributed by atoms with Gasteiger partial charge in [-0.1, -0.05) is 26.8 Å². The Bertz CT molecular complexity index is 629. The Labute approximate surface area is 141 Å². The van der Waals surface area contributed by atoms with Crippen LogP contribution in [0.2, 0.25) is 0 Å². The largest absolute Gasteiger partial charge is 0.481 e. The minimum absolute atomic E-state index is 0.158. The van der Waals surface area contributed by atoms with Crippen LogP contribution < -0.4 is 14.8 Å². The molecular formula is C17H24N2O5. The Balaban J connectivity index is 1.94. The Morgan fingerprint density at radius 3 is 2.67 bits per heavy atom. The summed E-state index contributed by atoms with van der Waals surface area (Å²) in [6.45, 7) is 6.41. The molecule has 0 fully saturated rings. The molecule has 24 heavy (non-hydrogen) atoms. The van der Waals surface area contributed by atoms with Crippen molar-refractivity contribution in [3.8, 4) is 11.5 Å². The van der Waals surface area contributed by atoms with E-state index in [4.69, 9.17) is 14.6 Å². The highest BCUT2D eigenvalue weighted by atomic mass is 16.7. The Morgan fingerprint density at radius 1 is 1.33 bits per heavy atom. The fraction of sp³-hybridized carbons (Fsp3) is 0.529. The summed E-state index contributed by atoms with van der Waals surface area (Å²) in [5, 5.41) is 11.8. The average Bonchev–Trinajstić information content (AvgIpc) is 2.99. The molecule has 0 radical (unpaired) electrons. The van der Waals surface area contributed by atoms with Crippen LogP contribution in [0, 0.1) is 5.92 Å². The molecule has 2 N–H and O–H groups in total. The number of carbonyl (C=O) groups is 2. The zero-order valence-corrected chi connectivity index (χ0v) is 14.5. The first-order valence-electron chi connectivity index (χ1n) is 7.82. The minimum atomic E-state index is -0.921. The van der Waals surface area contributed by atoms with Gasteiger partial charge in [-0.25, -0.2) is 4.79 Å². The molecule has 7 nitrogen and oxygen atoms in total. The lowest BCUT2D eigenvalue weighted by Crippen LogP contribution is -2.45. The number of carbonyl (C=O) groups excluding carboxylic acids is 1. The number of nitrogens with zero attached hydrogens (tertiary/aromatic N) is 1. The molecule has 1 unspecified atom stereocenters. The molecule has 1 aliphatic rings. The van der Waals surface area contributed by atoms with Crippen LogP contribution in [-0.4, -0.2) is 48.9 Å². The van der Waals surface area contributed by atoms with Crippen molar-refractivity contribution in [2.24, 2.45) is 5.92 Å². The second-order valence-corrected chi connectivity index (χ2v) is 6.73. The first-order valence-corrected chi connectivity index (χ1v) is 7.82. The van der Waals surface area contributed by atoms with Gasteiger partial charge in [-0.2, -0.15) is 0 Å². The highest BCUT2D eigenvalue weighted by Crippen LogP contribution is 2.36. The van der Waals surface area contributed by atoms with Crippen molar-refractivity contribution in [3.63, 3.8) is 0 Å². The SMILES string of the molecule is CC(CN(C)C(=O)NCC(C)(C)c1ccc2c(c1)OCO2)C(=O)O. The van der Waals surface area contributed by atoms with E-state index >= 15 is 0 Å². The van der Waals surface area contributed by atoms with Gasteiger partial charge in [0.25, 0.3) is 0 Å². The van der Waals surface area contributed by atoms with Crippen LogP contribution in [0.15, 0.2) is 18.2 Å². The van der Waals surface area contributed by atoms with Crippen LogP contribution in [0.3, 0.4) is 0 Å². The smallest absolute Gasteiger partial charge is 0.317 e. The van der Waals surface area contributed by atoms with Gasteiger partial charge in [-0.15, -0.1) is 0 Å². The Hall–Kier alpha value is -2.44. The van der Waals surface area contributed by atoms with E-state index in [-0.39, 0.29) is 24.8 Å². The molecule has 1 aliphatic heterocycles. The topological polar surface area (TPSA) is 88.1 Å². The molecule has 0 aliphatic carbocycles. The zero-order chi connectivity index (χ0) is 17.9. The van der Waals surface area contributed by atoms with E-state index in [1.54, 1.807) is 14.0 Å². The number of hydrogen-bond acceptors (Lipinski definition) is 4. The third-order valence-electron chi connectivity index (χ3n) is 4.15. The summed E-state index contributed by atoms with van der Waals surface area (Å²) in [6.07, 6.45) is 0. The van der Waals surface area contributed by atoms with E-state index in [0.29, 0.717) is 12.3 Å². The van der Waals surface area contributed by atoms with Crippen molar-refractivity contribution in [1.82, 2.24) is 10.2 Å². The van der Waals surface area contributed by atoms with Crippen LogP contribution in [0.1, 0.15) is 26.3 Å². The van der Waals surface area contributed by atoms with Gasteiger partial charge in [0.1, 0.15) is 0 Å². The lowest BCUT2D eigenvalue weighted by Gasteiger charge is -2.28. The molecule has 2 amide bonds. The predicted octanol–water partition coefficient (Wildman–Crippen LogP) is 2.05. The number of carboxylic acids is 1. The molecule has 132 valence electrons. The Kier molecular flexibility index (Phi) is 5.21. The number of ether oxygens (including phenoxy) is 2. The number of carboxylic acid groups (broad SMARTS) is 1. The standard InChI is InChI=1S/C17H24N2O5/c1-11(15(20)21)8-19(4)16(22)18-9-17(2,3)12-5-6-13-14(7-12)24-10-23-13/h5-7,11H,8-10H2,1-4H3,(H,18,22)(H,20,21). The van der Waals surface area contributed by atoms with Crippen LogP contribution in [0.4, 0.5) is 4.79 Å². The van der Waals surface area contributed by atoms with E-state index in [1.165, 1.54) is 4.90 Å². The fourth-order valence-corrected chi connectivity index (χ4v) is 2.42. The fourth-order valence-electron chi connectivity index (χ4n) is 2.42. The van der Waals surface area contributed by atoms with Crippen LogP contribution in [0.5, 0.6) is 11.5 Å². The van der Waals surface area contributed by atoms with E-state index in [1.807, 2.05) is 32.0 Å². The molecule has 0 spiro atoms. The number of fused-ring (bicyclic) bond motifs is 1. The van der Waals surface area contributed by atoms with E-state index in [2.05, 4.69) is 5.32 Å². The van der Waals surface area contributed by atoms with Gasteiger partial charge in [0, 0.05) is 25.6 Å². The molecule has 0 saturated carbocycles. The third-order valence-corrected chi connectivity index (χ3v) is 4.15. The number of rotatable bonds is 6. The summed E-state index contributed by atoms with van der Waals surface area (Å²) >= 11 is 0. The van der Waals surface area contributed by atoms with E-state index < -0.39 is 11.9 Å². The quantitative estimate of drug-likeness (QED) is 0.830. The van der Waals surface area contributed by atoms with E-state index in [0.717, 1.165) is 11.3 Å². The molecule has 1 aromatic rings. The third kappa shape index (κ3) is 4.10. The van der Waals surface area contributed by atoms with Crippen LogP contribution in [0.25, 0.3) is 0 Å². The summed E-state index contributed by atoms with van der Waals surface area (Å²) in [5.41, 5.74) is 0.712. The predicted molar refractivity (Wildman–Crippen MR) is 88.4 cm³/mol. The molecule has 1 aromatic carbocycles. The van der Waals surface area contributed by atoms with Crippen molar-refractivity contribution in [1.29, 1.82) is 0 Å². The number of hydrogen-bond donors (Lipinski definition) is 2. The zero-order valence-electron chi connectivity index (χ0n) is 14.5. The second-order valence-electron chi connectivity index (χ2n) is 6.73. The lowest BCUT2D eigenvalue weighted by atomic mass is 9.84. The summed E-state index contributed by atoms with van der Waals surface area (Å²) in [5.74, 6) is -0.0989. The summed E-state index contributed by atoms with van der Waals surface area (Å²) in [6, 6.07) is 5.44. The number of aliphatic carboxylic acids is 1. The molecule has 0 bridgehead atoms. The molecular weight excluding hydrogens is 312 g/mol. The molecule has 1 heterocycles. The first kappa shape index (κ1) is 17.9. The molecule has 1 atom stereocenters. The Morgan fingerprint density at radius 2 is 2.00 bits per heavy atom. The number of nitrogens with one attached hydrogen (secondary N) is 1. The monoisotopic (exact) mass is 336 g/mol. The molecule has 0 saturated heterocycles. The van der Waals surface area contributed by atoms with Crippen molar-refractivity contribution in [2.45, 2.75) is 26.2 Å². The van der Waals surface area contributed by atoms with Crippen LogP contribution in [-0.2, 0) is 10.2 Å². The normalized spacial score (nSPS) is 14.2. The lowest BCUT2D eigenvalue weighted by molar-refractivity contribution is -0.141. The van der Waals surface area contributed by atoms with Gasteiger partial charge in [0.15, 0.2) is 11.5 Å². The number of benzene rings is 1.